The van der Waals surface area contributed by atoms with Crippen LogP contribution in [0, 0.1) is 5.82 Å². The van der Waals surface area contributed by atoms with Crippen molar-refractivity contribution < 1.29 is 18.7 Å². The van der Waals surface area contributed by atoms with Crippen LogP contribution >= 0.6 is 15.9 Å². The number of rotatable bonds is 4. The zero-order valence-corrected chi connectivity index (χ0v) is 12.3. The van der Waals surface area contributed by atoms with Crippen LogP contribution in [0.3, 0.4) is 0 Å². The topological polar surface area (TPSA) is 68.3 Å². The lowest BCUT2D eigenvalue weighted by Crippen LogP contribution is -2.21. The number of hydrogen-bond acceptors (Lipinski definition) is 4. The minimum atomic E-state index is -0.649. The fraction of sp³-hybridized carbons (Fsp3) is 0.0714. The van der Waals surface area contributed by atoms with Gasteiger partial charge < -0.3 is 10.1 Å². The number of carbonyl (C=O) groups excluding carboxylic acids is 2. The van der Waals surface area contributed by atoms with Gasteiger partial charge in [0.1, 0.15) is 5.82 Å². The van der Waals surface area contributed by atoms with Crippen LogP contribution in [-0.4, -0.2) is 23.5 Å². The van der Waals surface area contributed by atoms with E-state index in [1.54, 1.807) is 6.07 Å². The Balaban J connectivity index is 1.89. The second-order valence-electron chi connectivity index (χ2n) is 3.98. The molecule has 5 nitrogen and oxygen atoms in total. The number of nitrogens with one attached hydrogen (secondary N) is 1. The standard InChI is InChI=1S/C14H10BrFN2O3/c15-10-1-2-12(11(16)7-10)18-13(19)8-21-14(20)9-3-5-17-6-4-9/h1-7H,8H2,(H,18,19). The van der Waals surface area contributed by atoms with E-state index in [0.29, 0.717) is 4.47 Å². The lowest BCUT2D eigenvalue weighted by molar-refractivity contribution is -0.119. The number of benzene rings is 1. The molecule has 0 saturated heterocycles. The van der Waals surface area contributed by atoms with E-state index in [1.807, 2.05) is 0 Å². The van der Waals surface area contributed by atoms with Gasteiger partial charge in [0.15, 0.2) is 6.61 Å². The van der Waals surface area contributed by atoms with Crippen molar-refractivity contribution >= 4 is 33.5 Å². The molecule has 0 bridgehead atoms. The van der Waals surface area contributed by atoms with Crippen molar-refractivity contribution in [2.75, 3.05) is 11.9 Å². The minimum absolute atomic E-state index is 0.0168. The van der Waals surface area contributed by atoms with Gasteiger partial charge in [-0.1, -0.05) is 15.9 Å². The van der Waals surface area contributed by atoms with Crippen molar-refractivity contribution in [2.45, 2.75) is 0 Å². The molecule has 0 spiro atoms. The lowest BCUT2D eigenvalue weighted by Gasteiger charge is -2.07. The van der Waals surface area contributed by atoms with Crippen LogP contribution in [0.2, 0.25) is 0 Å². The molecule has 21 heavy (non-hydrogen) atoms. The molecule has 0 fully saturated rings. The summed E-state index contributed by atoms with van der Waals surface area (Å²) in [5.41, 5.74) is 0.302. The molecule has 1 aromatic carbocycles. The smallest absolute Gasteiger partial charge is 0.338 e. The number of nitrogens with zero attached hydrogens (tertiary/aromatic N) is 1. The van der Waals surface area contributed by atoms with Gasteiger partial charge in [-0.05, 0) is 30.3 Å². The third-order valence-electron chi connectivity index (χ3n) is 2.46. The van der Waals surface area contributed by atoms with Gasteiger partial charge in [-0.25, -0.2) is 9.18 Å². The van der Waals surface area contributed by atoms with E-state index < -0.39 is 24.3 Å². The van der Waals surface area contributed by atoms with Crippen molar-refractivity contribution in [3.63, 3.8) is 0 Å². The largest absolute Gasteiger partial charge is 0.452 e. The van der Waals surface area contributed by atoms with Gasteiger partial charge in [-0.2, -0.15) is 0 Å². The lowest BCUT2D eigenvalue weighted by atomic mass is 10.3. The van der Waals surface area contributed by atoms with Gasteiger partial charge in [0.05, 0.1) is 11.3 Å². The third kappa shape index (κ3) is 4.35. The molecular formula is C14H10BrFN2O3. The van der Waals surface area contributed by atoms with E-state index in [9.17, 15) is 14.0 Å². The molecule has 0 radical (unpaired) electrons. The molecule has 2 rings (SSSR count). The monoisotopic (exact) mass is 352 g/mol. The maximum Gasteiger partial charge on any atom is 0.338 e. The summed E-state index contributed by atoms with van der Waals surface area (Å²) in [5, 5.41) is 2.32. The van der Waals surface area contributed by atoms with E-state index in [-0.39, 0.29) is 11.3 Å². The molecule has 2 aromatic rings. The zero-order chi connectivity index (χ0) is 15.2. The minimum Gasteiger partial charge on any atom is -0.452 e. The average Bonchev–Trinajstić information content (AvgIpc) is 2.48. The van der Waals surface area contributed by atoms with Gasteiger partial charge in [0.2, 0.25) is 0 Å². The first-order valence-electron chi connectivity index (χ1n) is 5.88. The van der Waals surface area contributed by atoms with Crippen LogP contribution < -0.4 is 5.32 Å². The zero-order valence-electron chi connectivity index (χ0n) is 10.7. The summed E-state index contributed by atoms with van der Waals surface area (Å²) in [6.45, 7) is -0.503. The quantitative estimate of drug-likeness (QED) is 0.859. The van der Waals surface area contributed by atoms with Crippen LogP contribution in [0.1, 0.15) is 10.4 Å². The molecular weight excluding hydrogens is 343 g/mol. The van der Waals surface area contributed by atoms with Crippen molar-refractivity contribution in [3.8, 4) is 0 Å². The maximum atomic E-state index is 13.5. The molecule has 0 saturated carbocycles. The summed E-state index contributed by atoms with van der Waals surface area (Å²) >= 11 is 3.11. The number of pyridine rings is 1. The predicted molar refractivity (Wildman–Crippen MR) is 77.2 cm³/mol. The number of aromatic nitrogens is 1. The van der Waals surface area contributed by atoms with Crippen LogP contribution in [0.15, 0.2) is 47.2 Å². The van der Waals surface area contributed by atoms with E-state index in [2.05, 4.69) is 26.2 Å². The summed E-state index contributed by atoms with van der Waals surface area (Å²) in [7, 11) is 0. The number of hydrogen-bond donors (Lipinski definition) is 1. The van der Waals surface area contributed by atoms with Crippen molar-refractivity contribution in [1.82, 2.24) is 4.98 Å². The van der Waals surface area contributed by atoms with Crippen LogP contribution in [-0.2, 0) is 9.53 Å². The molecule has 108 valence electrons. The Morgan fingerprint density at radius 3 is 2.62 bits per heavy atom. The molecule has 0 aliphatic heterocycles. The van der Waals surface area contributed by atoms with E-state index in [0.717, 1.165) is 0 Å². The van der Waals surface area contributed by atoms with Gasteiger partial charge in [0, 0.05) is 16.9 Å². The molecule has 1 N–H and O–H groups in total. The Morgan fingerprint density at radius 1 is 1.24 bits per heavy atom. The van der Waals surface area contributed by atoms with Gasteiger partial charge >= 0.3 is 5.97 Å². The highest BCUT2D eigenvalue weighted by atomic mass is 79.9. The van der Waals surface area contributed by atoms with E-state index in [4.69, 9.17) is 4.74 Å². The molecule has 0 aliphatic carbocycles. The number of esters is 1. The first-order chi connectivity index (χ1) is 10.1. The number of amides is 1. The molecule has 0 unspecified atom stereocenters. The molecule has 1 aromatic heterocycles. The van der Waals surface area contributed by atoms with Crippen molar-refractivity contribution in [1.29, 1.82) is 0 Å². The highest BCUT2D eigenvalue weighted by molar-refractivity contribution is 9.10. The SMILES string of the molecule is O=C(COC(=O)c1ccncc1)Nc1ccc(Br)cc1F. The first-order valence-corrected chi connectivity index (χ1v) is 6.67. The van der Waals surface area contributed by atoms with Crippen molar-refractivity contribution in [2.24, 2.45) is 0 Å². The second kappa shape index (κ2) is 6.94. The summed E-state index contributed by atoms with van der Waals surface area (Å²) < 4.78 is 18.9. The Hall–Kier alpha value is -2.28. The maximum absolute atomic E-state index is 13.5. The molecule has 7 heteroatoms. The Morgan fingerprint density at radius 2 is 1.95 bits per heavy atom. The Labute approximate surface area is 128 Å². The van der Waals surface area contributed by atoms with Crippen molar-refractivity contribution in [3.05, 3.63) is 58.6 Å². The number of anilines is 1. The summed E-state index contributed by atoms with van der Waals surface area (Å²) in [6.07, 6.45) is 2.88. The summed E-state index contributed by atoms with van der Waals surface area (Å²) in [5.74, 6) is -1.86. The normalized spacial score (nSPS) is 10.0. The predicted octanol–water partition coefficient (Wildman–Crippen LogP) is 2.78. The number of carbonyl (C=O) groups is 2. The fourth-order valence-corrected chi connectivity index (χ4v) is 1.81. The fourth-order valence-electron chi connectivity index (χ4n) is 1.48. The summed E-state index contributed by atoms with van der Waals surface area (Å²) in [4.78, 5) is 27.0. The number of ether oxygens (including phenoxy) is 1. The first kappa shape index (κ1) is 15.1. The average molecular weight is 353 g/mol. The molecule has 0 aliphatic rings. The van der Waals surface area contributed by atoms with Gasteiger partial charge in [-0.15, -0.1) is 0 Å². The Bertz CT molecular complexity index is 665. The molecule has 0 atom stereocenters. The van der Waals surface area contributed by atoms with E-state index in [1.165, 1.54) is 36.7 Å². The molecule has 1 heterocycles. The second-order valence-corrected chi connectivity index (χ2v) is 4.90. The van der Waals surface area contributed by atoms with Crippen LogP contribution in [0.5, 0.6) is 0 Å². The third-order valence-corrected chi connectivity index (χ3v) is 2.95. The summed E-state index contributed by atoms with van der Waals surface area (Å²) in [6, 6.07) is 7.14. The van der Waals surface area contributed by atoms with Crippen LogP contribution in [0.4, 0.5) is 10.1 Å². The number of halogens is 2. The van der Waals surface area contributed by atoms with Gasteiger partial charge in [-0.3, -0.25) is 9.78 Å². The highest BCUT2D eigenvalue weighted by Crippen LogP contribution is 2.19. The van der Waals surface area contributed by atoms with Gasteiger partial charge in [0.25, 0.3) is 5.91 Å². The van der Waals surface area contributed by atoms with Crippen LogP contribution in [0.25, 0.3) is 0 Å². The Kier molecular flexibility index (Phi) is 4.99. The molecule has 1 amide bonds. The highest BCUT2D eigenvalue weighted by Gasteiger charge is 2.11. The van der Waals surface area contributed by atoms with E-state index >= 15 is 0 Å².